The third-order valence-electron chi connectivity index (χ3n) is 6.13. The molecule has 2 amide bonds. The van der Waals surface area contributed by atoms with E-state index in [1.807, 2.05) is 50.8 Å². The Hall–Kier alpha value is -2.93. The number of hydrogen-bond acceptors (Lipinski definition) is 4. The molecule has 0 aliphatic carbocycles. The molecule has 0 radical (unpaired) electrons. The number of nitrogens with one attached hydrogen (secondary N) is 2. The number of nitrogens with zero attached hydrogens (tertiary/aromatic N) is 2. The van der Waals surface area contributed by atoms with E-state index in [0.29, 0.717) is 50.4 Å². The average molecular weight is 439 g/mol. The second kappa shape index (κ2) is 10.1. The van der Waals surface area contributed by atoms with Gasteiger partial charge in [-0.25, -0.2) is 0 Å². The highest BCUT2D eigenvalue weighted by Gasteiger charge is 2.28. The molecule has 0 bridgehead atoms. The molecular formula is C25H34N4O3. The van der Waals surface area contributed by atoms with Crippen molar-refractivity contribution in [3.63, 3.8) is 0 Å². The summed E-state index contributed by atoms with van der Waals surface area (Å²) in [5, 5.41) is 3.03. The Morgan fingerprint density at radius 2 is 1.66 bits per heavy atom. The zero-order valence-corrected chi connectivity index (χ0v) is 19.8. The molecule has 2 aromatic rings. The fourth-order valence-corrected chi connectivity index (χ4v) is 4.50. The summed E-state index contributed by atoms with van der Waals surface area (Å²) in [6, 6.07) is 5.95. The van der Waals surface area contributed by atoms with Crippen LogP contribution in [0.5, 0.6) is 0 Å². The Bertz CT molecular complexity index is 996. The third kappa shape index (κ3) is 5.10. The maximum absolute atomic E-state index is 13.2. The number of aromatic amines is 1. The van der Waals surface area contributed by atoms with Gasteiger partial charge in [-0.3, -0.25) is 19.3 Å². The number of carbonyl (C=O) groups is 3. The highest BCUT2D eigenvalue weighted by molar-refractivity contribution is 6.02. The molecule has 2 heterocycles. The number of amides is 2. The molecule has 2 N–H and O–H groups in total. The Labute approximate surface area is 190 Å². The summed E-state index contributed by atoms with van der Waals surface area (Å²) in [6.45, 7) is 12.1. The minimum atomic E-state index is -0.0660. The predicted octanol–water partition coefficient (Wildman–Crippen LogP) is 3.49. The standard InChI is InChI=1S/C25H34N4O3/c1-6-8-20-22(19(5)30)18(4)26-24(20)25(32)29-13-11-28(12-14-29)15-21(31)27-23-16(2)9-7-10-17(23)3/h7,9-10,26H,6,8,11-15H2,1-5H3,(H,27,31). The molecule has 0 saturated carbocycles. The number of hydrogen-bond donors (Lipinski definition) is 2. The van der Waals surface area contributed by atoms with Gasteiger partial charge in [0.2, 0.25) is 5.91 Å². The number of para-hydroxylation sites is 1. The molecular weight excluding hydrogens is 404 g/mol. The van der Waals surface area contributed by atoms with E-state index < -0.39 is 0 Å². The second-order valence-electron chi connectivity index (χ2n) is 8.67. The summed E-state index contributed by atoms with van der Waals surface area (Å²) >= 11 is 0. The normalized spacial score (nSPS) is 14.5. The van der Waals surface area contributed by atoms with Gasteiger partial charge in [0, 0.05) is 43.1 Å². The SMILES string of the molecule is CCCc1c(C(=O)N2CCN(CC(=O)Nc3c(C)cccc3C)CC2)[nH]c(C)c1C(C)=O. The van der Waals surface area contributed by atoms with Gasteiger partial charge in [-0.15, -0.1) is 0 Å². The number of piperazine rings is 1. The van der Waals surface area contributed by atoms with Gasteiger partial charge >= 0.3 is 0 Å². The molecule has 7 nitrogen and oxygen atoms in total. The number of aromatic nitrogens is 1. The monoisotopic (exact) mass is 438 g/mol. The van der Waals surface area contributed by atoms with Crippen molar-refractivity contribution in [2.75, 3.05) is 38.0 Å². The fraction of sp³-hybridized carbons (Fsp3) is 0.480. The number of Topliss-reactive ketones (excluding diaryl/α,β-unsaturated/α-hetero) is 1. The van der Waals surface area contributed by atoms with Crippen LogP contribution in [0.2, 0.25) is 0 Å². The highest BCUT2D eigenvalue weighted by atomic mass is 16.2. The van der Waals surface area contributed by atoms with Gasteiger partial charge in [0.05, 0.1) is 6.54 Å². The Kier molecular flexibility index (Phi) is 7.51. The van der Waals surface area contributed by atoms with Crippen LogP contribution >= 0.6 is 0 Å². The van der Waals surface area contributed by atoms with Crippen molar-refractivity contribution in [3.05, 3.63) is 51.8 Å². The molecule has 1 fully saturated rings. The summed E-state index contributed by atoms with van der Waals surface area (Å²) in [6.07, 6.45) is 1.56. The molecule has 1 saturated heterocycles. The lowest BCUT2D eigenvalue weighted by atomic mass is 10.0. The largest absolute Gasteiger partial charge is 0.354 e. The maximum Gasteiger partial charge on any atom is 0.270 e. The first-order chi connectivity index (χ1) is 15.2. The molecule has 0 unspecified atom stereocenters. The molecule has 32 heavy (non-hydrogen) atoms. The van der Waals surface area contributed by atoms with Gasteiger partial charge in [-0.2, -0.15) is 0 Å². The van der Waals surface area contributed by atoms with Crippen molar-refractivity contribution < 1.29 is 14.4 Å². The lowest BCUT2D eigenvalue weighted by molar-refractivity contribution is -0.117. The first kappa shape index (κ1) is 23.7. The smallest absolute Gasteiger partial charge is 0.270 e. The van der Waals surface area contributed by atoms with Crippen LogP contribution in [-0.2, 0) is 11.2 Å². The van der Waals surface area contributed by atoms with Gasteiger partial charge in [0.1, 0.15) is 5.69 Å². The number of rotatable bonds is 7. The summed E-state index contributed by atoms with van der Waals surface area (Å²) in [7, 11) is 0. The Morgan fingerprint density at radius 1 is 1.03 bits per heavy atom. The summed E-state index contributed by atoms with van der Waals surface area (Å²) in [5.41, 5.74) is 5.74. The van der Waals surface area contributed by atoms with E-state index in [4.69, 9.17) is 0 Å². The van der Waals surface area contributed by atoms with Crippen LogP contribution in [0.4, 0.5) is 5.69 Å². The van der Waals surface area contributed by atoms with E-state index in [1.165, 1.54) is 0 Å². The quantitative estimate of drug-likeness (QED) is 0.648. The molecule has 0 spiro atoms. The molecule has 1 aromatic heterocycles. The zero-order chi connectivity index (χ0) is 23.4. The summed E-state index contributed by atoms with van der Waals surface area (Å²) < 4.78 is 0. The number of H-pyrrole nitrogens is 1. The predicted molar refractivity (Wildman–Crippen MR) is 126 cm³/mol. The van der Waals surface area contributed by atoms with E-state index in [0.717, 1.165) is 34.5 Å². The van der Waals surface area contributed by atoms with Crippen LogP contribution in [0.25, 0.3) is 0 Å². The number of anilines is 1. The summed E-state index contributed by atoms with van der Waals surface area (Å²) in [4.78, 5) is 44.9. The van der Waals surface area contributed by atoms with Crippen molar-refractivity contribution in [2.45, 2.75) is 47.5 Å². The van der Waals surface area contributed by atoms with Crippen molar-refractivity contribution in [3.8, 4) is 0 Å². The van der Waals surface area contributed by atoms with Crippen molar-refractivity contribution in [1.29, 1.82) is 0 Å². The van der Waals surface area contributed by atoms with Crippen LogP contribution in [0, 0.1) is 20.8 Å². The van der Waals surface area contributed by atoms with E-state index >= 15 is 0 Å². The average Bonchev–Trinajstić information content (AvgIpc) is 3.07. The van der Waals surface area contributed by atoms with E-state index in [2.05, 4.69) is 15.2 Å². The van der Waals surface area contributed by atoms with Gasteiger partial charge in [0.15, 0.2) is 5.78 Å². The first-order valence-electron chi connectivity index (χ1n) is 11.3. The topological polar surface area (TPSA) is 85.5 Å². The van der Waals surface area contributed by atoms with E-state index in [-0.39, 0.29) is 17.6 Å². The zero-order valence-electron chi connectivity index (χ0n) is 19.8. The number of aryl methyl sites for hydroxylation is 3. The molecule has 3 rings (SSSR count). The lowest BCUT2D eigenvalue weighted by Crippen LogP contribution is -2.50. The molecule has 0 atom stereocenters. The minimum Gasteiger partial charge on any atom is -0.354 e. The minimum absolute atomic E-state index is 0.0130. The van der Waals surface area contributed by atoms with E-state index in [1.54, 1.807) is 6.92 Å². The summed E-state index contributed by atoms with van der Waals surface area (Å²) in [5.74, 6) is -0.122. The van der Waals surface area contributed by atoms with Crippen LogP contribution in [0.1, 0.15) is 63.5 Å². The Balaban J connectivity index is 1.61. The van der Waals surface area contributed by atoms with Crippen LogP contribution in [-0.4, -0.2) is 65.1 Å². The lowest BCUT2D eigenvalue weighted by Gasteiger charge is -2.34. The van der Waals surface area contributed by atoms with Crippen molar-refractivity contribution in [1.82, 2.24) is 14.8 Å². The second-order valence-corrected chi connectivity index (χ2v) is 8.67. The first-order valence-corrected chi connectivity index (χ1v) is 11.3. The van der Waals surface area contributed by atoms with E-state index in [9.17, 15) is 14.4 Å². The number of carbonyl (C=O) groups excluding carboxylic acids is 3. The van der Waals surface area contributed by atoms with Gasteiger partial charge < -0.3 is 15.2 Å². The maximum atomic E-state index is 13.2. The molecule has 172 valence electrons. The molecule has 7 heteroatoms. The van der Waals surface area contributed by atoms with Gasteiger partial charge in [-0.1, -0.05) is 31.5 Å². The number of ketones is 1. The van der Waals surface area contributed by atoms with Crippen molar-refractivity contribution in [2.24, 2.45) is 0 Å². The Morgan fingerprint density at radius 3 is 2.22 bits per heavy atom. The molecule has 1 aliphatic rings. The van der Waals surface area contributed by atoms with Crippen LogP contribution in [0.15, 0.2) is 18.2 Å². The van der Waals surface area contributed by atoms with Crippen LogP contribution < -0.4 is 5.32 Å². The van der Waals surface area contributed by atoms with Crippen molar-refractivity contribution >= 4 is 23.3 Å². The third-order valence-corrected chi connectivity index (χ3v) is 6.13. The number of benzene rings is 1. The van der Waals surface area contributed by atoms with Gasteiger partial charge in [0.25, 0.3) is 5.91 Å². The van der Waals surface area contributed by atoms with Crippen LogP contribution in [0.3, 0.4) is 0 Å². The highest BCUT2D eigenvalue weighted by Crippen LogP contribution is 2.23. The van der Waals surface area contributed by atoms with Gasteiger partial charge in [-0.05, 0) is 50.8 Å². The molecule has 1 aliphatic heterocycles. The fourth-order valence-electron chi connectivity index (χ4n) is 4.50. The molecule has 1 aromatic carbocycles.